The lowest BCUT2D eigenvalue weighted by Crippen LogP contribution is -2.64. The van der Waals surface area contributed by atoms with E-state index in [0.717, 1.165) is 23.5 Å². The average Bonchev–Trinajstić information content (AvgIpc) is 2.83. The van der Waals surface area contributed by atoms with Crippen LogP contribution in [0.15, 0.2) is 0 Å². The highest BCUT2D eigenvalue weighted by Gasteiger charge is 2.67. The van der Waals surface area contributed by atoms with Crippen LogP contribution in [0.25, 0.3) is 0 Å². The minimum Gasteiger partial charge on any atom is -0.458 e. The third-order valence-electron chi connectivity index (χ3n) is 7.83. The van der Waals surface area contributed by atoms with Gasteiger partial charge in [-0.15, -0.1) is 23.5 Å². The molecular formula is C21H22F8O9S3. The molecule has 0 aromatic heterocycles. The summed E-state index contributed by atoms with van der Waals surface area (Å²) in [6, 6.07) is 0. The van der Waals surface area contributed by atoms with E-state index in [1.165, 1.54) is 0 Å². The molecule has 0 aromatic rings. The van der Waals surface area contributed by atoms with Crippen LogP contribution in [0.3, 0.4) is 0 Å². The predicted molar refractivity (Wildman–Crippen MR) is 123 cm³/mol. The number of alkyl halides is 8. The first-order valence-corrected chi connectivity index (χ1v) is 15.3. The van der Waals surface area contributed by atoms with Crippen molar-refractivity contribution in [1.82, 2.24) is 0 Å². The van der Waals surface area contributed by atoms with E-state index in [0.29, 0.717) is 12.8 Å². The summed E-state index contributed by atoms with van der Waals surface area (Å²) in [5.74, 6) is -8.74. The Balaban J connectivity index is 1.51. The van der Waals surface area contributed by atoms with Crippen LogP contribution in [-0.2, 0) is 38.7 Å². The van der Waals surface area contributed by atoms with Gasteiger partial charge >= 0.3 is 45.6 Å². The molecule has 1 aliphatic heterocycles. The second-order valence-corrected chi connectivity index (χ2v) is 15.1. The molecule has 1 N–H and O–H groups in total. The van der Waals surface area contributed by atoms with Crippen LogP contribution in [0, 0.1) is 23.2 Å². The summed E-state index contributed by atoms with van der Waals surface area (Å²) in [5.41, 5.74) is -3.08. The zero-order valence-electron chi connectivity index (χ0n) is 20.6. The lowest BCUT2D eigenvalue weighted by atomic mass is 9.53. The molecule has 0 amide bonds. The largest absolute Gasteiger partial charge is 0.490 e. The molecular weight excluding hydrogens is 644 g/mol. The standard InChI is InChI=1S/C21H22F8O9S3/c22-19(23,24)13(30)36-6-16(7-37-14(31)20(25,26)27)8-39-18(40-9-16)11-1-10-2-12(18)5-17(3-10,4-11)38-15(32)21(28,29)41(33,34)35/h10-12H,1-9H2,(H,33,34,35)/t10?,11-,12?,17?/m0/s1. The van der Waals surface area contributed by atoms with Gasteiger partial charge in [-0.05, 0) is 49.9 Å². The van der Waals surface area contributed by atoms with E-state index in [4.69, 9.17) is 9.29 Å². The van der Waals surface area contributed by atoms with Gasteiger partial charge < -0.3 is 14.2 Å². The van der Waals surface area contributed by atoms with Crippen LogP contribution in [-0.4, -0.2) is 82.9 Å². The molecule has 9 nitrogen and oxygen atoms in total. The Hall–Kier alpha value is -1.54. The molecule has 4 saturated carbocycles. The summed E-state index contributed by atoms with van der Waals surface area (Å²) in [4.78, 5) is 34.7. The van der Waals surface area contributed by atoms with Crippen LogP contribution < -0.4 is 0 Å². The van der Waals surface area contributed by atoms with E-state index in [9.17, 15) is 57.9 Å². The van der Waals surface area contributed by atoms with Crippen LogP contribution >= 0.6 is 23.5 Å². The van der Waals surface area contributed by atoms with Gasteiger partial charge in [-0.1, -0.05) is 0 Å². The van der Waals surface area contributed by atoms with Crippen LogP contribution in [0.1, 0.15) is 32.1 Å². The maximum absolute atomic E-state index is 13.9. The Kier molecular flexibility index (Phi) is 8.12. The summed E-state index contributed by atoms with van der Waals surface area (Å²) in [7, 11) is -6.10. The maximum Gasteiger partial charge on any atom is 0.490 e. The average molecular weight is 667 g/mol. The Morgan fingerprint density at radius 1 is 0.780 bits per heavy atom. The lowest BCUT2D eigenvalue weighted by Gasteiger charge is -2.65. The molecule has 1 saturated heterocycles. The zero-order chi connectivity index (χ0) is 30.9. The van der Waals surface area contributed by atoms with Crippen molar-refractivity contribution < 1.29 is 76.7 Å². The number of halogens is 8. The van der Waals surface area contributed by atoms with Gasteiger partial charge in [-0.25, -0.2) is 14.4 Å². The van der Waals surface area contributed by atoms with Crippen molar-refractivity contribution in [3.05, 3.63) is 0 Å². The number of hydrogen-bond donors (Lipinski definition) is 1. The molecule has 20 heteroatoms. The number of esters is 3. The molecule has 5 aliphatic rings. The fourth-order valence-corrected chi connectivity index (χ4v) is 10.6. The molecule has 234 valence electrons. The molecule has 0 radical (unpaired) electrons. The molecule has 0 aromatic carbocycles. The Morgan fingerprint density at radius 2 is 1.22 bits per heavy atom. The third kappa shape index (κ3) is 6.11. The molecule has 1 heterocycles. The van der Waals surface area contributed by atoms with Crippen molar-refractivity contribution in [3.8, 4) is 0 Å². The van der Waals surface area contributed by atoms with Gasteiger partial charge in [0.15, 0.2) is 0 Å². The van der Waals surface area contributed by atoms with Crippen molar-refractivity contribution in [1.29, 1.82) is 0 Å². The molecule has 4 aliphatic carbocycles. The predicted octanol–water partition coefficient (Wildman–Crippen LogP) is 3.96. The number of carbonyl (C=O) groups is 3. The summed E-state index contributed by atoms with van der Waals surface area (Å²) in [6.45, 7) is -2.01. The molecule has 5 rings (SSSR count). The van der Waals surface area contributed by atoms with Crippen molar-refractivity contribution in [2.45, 2.75) is 59.4 Å². The quantitative estimate of drug-likeness (QED) is 0.183. The molecule has 3 unspecified atom stereocenters. The minimum absolute atomic E-state index is 0.0203. The molecule has 5 fully saturated rings. The first kappa shape index (κ1) is 32.4. The van der Waals surface area contributed by atoms with Crippen LogP contribution in [0.5, 0.6) is 0 Å². The highest BCUT2D eigenvalue weighted by atomic mass is 32.2. The molecule has 1 spiro atoms. The highest BCUT2D eigenvalue weighted by molar-refractivity contribution is 8.18. The van der Waals surface area contributed by atoms with E-state index in [1.54, 1.807) is 0 Å². The summed E-state index contributed by atoms with van der Waals surface area (Å²) in [5, 5.41) is -5.19. The van der Waals surface area contributed by atoms with Gasteiger partial charge in [0.05, 0.1) is 9.49 Å². The van der Waals surface area contributed by atoms with Crippen LogP contribution in [0.4, 0.5) is 35.1 Å². The molecule has 4 atom stereocenters. The summed E-state index contributed by atoms with van der Waals surface area (Å²) in [6.07, 6.45) is -9.48. The van der Waals surface area contributed by atoms with E-state index in [2.05, 4.69) is 9.47 Å². The number of hydrogen-bond acceptors (Lipinski definition) is 10. The third-order valence-corrected chi connectivity index (χ3v) is 13.1. The Bertz CT molecular complexity index is 1150. The lowest BCUT2D eigenvalue weighted by molar-refractivity contribution is -0.208. The number of rotatable bonds is 7. The minimum atomic E-state index is -6.10. The van der Waals surface area contributed by atoms with Gasteiger partial charge in [-0.2, -0.15) is 43.5 Å². The number of ether oxygens (including phenoxy) is 3. The highest BCUT2D eigenvalue weighted by Crippen LogP contribution is 2.70. The van der Waals surface area contributed by atoms with Gasteiger partial charge in [0, 0.05) is 11.5 Å². The van der Waals surface area contributed by atoms with Crippen molar-refractivity contribution in [2.24, 2.45) is 23.2 Å². The van der Waals surface area contributed by atoms with E-state index in [1.807, 2.05) is 0 Å². The first-order chi connectivity index (χ1) is 18.5. The second-order valence-electron chi connectivity index (χ2n) is 10.9. The first-order valence-electron chi connectivity index (χ1n) is 11.9. The normalized spacial score (nSPS) is 30.6. The van der Waals surface area contributed by atoms with Crippen molar-refractivity contribution >= 4 is 51.5 Å². The SMILES string of the molecule is O=C(OCC1(COC(=O)C(F)(F)F)CSC2(SC1)C1CC3C[C@H]2CC(OC(=O)C(F)(F)S(=O)(=O)O)(C3)C1)C(F)(F)F. The number of carbonyl (C=O) groups excluding carboxylic acids is 3. The monoisotopic (exact) mass is 666 g/mol. The Morgan fingerprint density at radius 3 is 1.61 bits per heavy atom. The topological polar surface area (TPSA) is 133 Å². The smallest absolute Gasteiger partial charge is 0.458 e. The van der Waals surface area contributed by atoms with E-state index in [-0.39, 0.29) is 48.5 Å². The van der Waals surface area contributed by atoms with E-state index < -0.39 is 73.9 Å². The zero-order valence-corrected chi connectivity index (χ0v) is 23.0. The Labute approximate surface area is 235 Å². The fourth-order valence-electron chi connectivity index (χ4n) is 6.24. The van der Waals surface area contributed by atoms with Gasteiger partial charge in [0.2, 0.25) is 0 Å². The number of thioether (sulfide) groups is 2. The van der Waals surface area contributed by atoms with Gasteiger partial charge in [0.25, 0.3) is 0 Å². The molecule has 41 heavy (non-hydrogen) atoms. The maximum atomic E-state index is 13.9. The second kappa shape index (κ2) is 10.3. The van der Waals surface area contributed by atoms with Gasteiger partial charge in [0.1, 0.15) is 18.8 Å². The van der Waals surface area contributed by atoms with Gasteiger partial charge in [-0.3, -0.25) is 4.55 Å². The fraction of sp³-hybridized carbons (Fsp3) is 0.857. The van der Waals surface area contributed by atoms with E-state index >= 15 is 0 Å². The van der Waals surface area contributed by atoms with Crippen molar-refractivity contribution in [3.63, 3.8) is 0 Å². The van der Waals surface area contributed by atoms with Crippen LogP contribution in [0.2, 0.25) is 0 Å². The summed E-state index contributed by atoms with van der Waals surface area (Å²) < 4.78 is 148. The van der Waals surface area contributed by atoms with Crippen molar-refractivity contribution in [2.75, 3.05) is 24.7 Å². The molecule has 4 bridgehead atoms. The summed E-state index contributed by atoms with van der Waals surface area (Å²) >= 11 is 2.29.